The lowest BCUT2D eigenvalue weighted by Crippen LogP contribution is -1.96. The number of hydrogen-bond acceptors (Lipinski definition) is 1. The van der Waals surface area contributed by atoms with Crippen molar-refractivity contribution in [3.63, 3.8) is 0 Å². The Morgan fingerprint density at radius 2 is 1.15 bits per heavy atom. The molecule has 0 bridgehead atoms. The minimum Gasteiger partial charge on any atom is -0.489 e. The smallest absolute Gasteiger partial charge is 0.119 e. The average molecular weight is 268 g/mol. The summed E-state index contributed by atoms with van der Waals surface area (Å²) in [7, 11) is 0. The van der Waals surface area contributed by atoms with Gasteiger partial charge in [0.15, 0.2) is 0 Å². The third-order valence-corrected chi connectivity index (χ3v) is 3.60. The van der Waals surface area contributed by atoms with E-state index in [1.165, 1.54) is 16.7 Å². The highest BCUT2D eigenvalue weighted by Crippen LogP contribution is 2.20. The van der Waals surface area contributed by atoms with E-state index >= 15 is 0 Å². The van der Waals surface area contributed by atoms with E-state index < -0.39 is 0 Å². The first-order valence-corrected chi connectivity index (χ1v) is 7.38. The van der Waals surface area contributed by atoms with Crippen molar-refractivity contribution in [2.75, 3.05) is 0 Å². The van der Waals surface area contributed by atoms with Gasteiger partial charge in [0, 0.05) is 0 Å². The van der Waals surface area contributed by atoms with Crippen LogP contribution < -0.4 is 4.74 Å². The summed E-state index contributed by atoms with van der Waals surface area (Å²) in [4.78, 5) is 0. The molecule has 0 amide bonds. The third-order valence-electron chi connectivity index (χ3n) is 3.60. The fourth-order valence-corrected chi connectivity index (χ4v) is 2.11. The van der Waals surface area contributed by atoms with E-state index in [1.54, 1.807) is 0 Å². The topological polar surface area (TPSA) is 9.23 Å². The molecule has 0 aromatic heterocycles. The van der Waals surface area contributed by atoms with E-state index in [-0.39, 0.29) is 0 Å². The van der Waals surface area contributed by atoms with Gasteiger partial charge in [0.1, 0.15) is 12.4 Å². The van der Waals surface area contributed by atoms with Crippen molar-refractivity contribution in [3.05, 3.63) is 65.2 Å². The Labute approximate surface area is 122 Å². The van der Waals surface area contributed by atoms with Gasteiger partial charge in [-0.3, -0.25) is 0 Å². The monoisotopic (exact) mass is 268 g/mol. The van der Waals surface area contributed by atoms with Gasteiger partial charge in [-0.15, -0.1) is 0 Å². The number of ether oxygens (including phenoxy) is 1. The molecule has 0 aliphatic carbocycles. The Kier molecular flexibility index (Phi) is 4.84. The maximum absolute atomic E-state index is 5.83. The van der Waals surface area contributed by atoms with E-state index in [0.29, 0.717) is 18.4 Å². The SMILES string of the molecule is CC(C)c1ccc(COc2ccc(C(C)C)cc2)cc1. The zero-order chi connectivity index (χ0) is 14.5. The van der Waals surface area contributed by atoms with Gasteiger partial charge in [-0.2, -0.15) is 0 Å². The molecule has 106 valence electrons. The summed E-state index contributed by atoms with van der Waals surface area (Å²) in [6, 6.07) is 17.1. The predicted octanol–water partition coefficient (Wildman–Crippen LogP) is 5.51. The molecule has 2 aromatic carbocycles. The molecule has 0 heterocycles. The van der Waals surface area contributed by atoms with Gasteiger partial charge in [-0.1, -0.05) is 64.1 Å². The summed E-state index contributed by atoms with van der Waals surface area (Å²) in [6.45, 7) is 9.45. The lowest BCUT2D eigenvalue weighted by atomic mass is 10.0. The van der Waals surface area contributed by atoms with Crippen molar-refractivity contribution in [1.29, 1.82) is 0 Å². The van der Waals surface area contributed by atoms with Crippen LogP contribution in [0.1, 0.15) is 56.2 Å². The van der Waals surface area contributed by atoms with E-state index in [2.05, 4.69) is 76.2 Å². The van der Waals surface area contributed by atoms with E-state index in [4.69, 9.17) is 4.74 Å². The standard InChI is InChI=1S/C19H24O/c1-14(2)17-7-5-16(6-8-17)13-20-19-11-9-18(10-12-19)15(3)4/h5-12,14-15H,13H2,1-4H3. The molecule has 0 radical (unpaired) electrons. The molecule has 1 nitrogen and oxygen atoms in total. The number of rotatable bonds is 5. The Morgan fingerprint density at radius 1 is 0.700 bits per heavy atom. The molecule has 0 N–H and O–H groups in total. The van der Waals surface area contributed by atoms with Crippen LogP contribution in [0.25, 0.3) is 0 Å². The van der Waals surface area contributed by atoms with Crippen molar-refractivity contribution >= 4 is 0 Å². The van der Waals surface area contributed by atoms with Crippen molar-refractivity contribution in [2.45, 2.75) is 46.1 Å². The molecular formula is C19H24O. The summed E-state index contributed by atoms with van der Waals surface area (Å²) >= 11 is 0. The molecule has 2 rings (SSSR count). The lowest BCUT2D eigenvalue weighted by molar-refractivity contribution is 0.306. The van der Waals surface area contributed by atoms with Crippen molar-refractivity contribution in [2.24, 2.45) is 0 Å². The molecule has 1 heteroatoms. The van der Waals surface area contributed by atoms with Gasteiger partial charge in [-0.25, -0.2) is 0 Å². The molecular weight excluding hydrogens is 244 g/mol. The molecule has 20 heavy (non-hydrogen) atoms. The summed E-state index contributed by atoms with van der Waals surface area (Å²) in [5, 5.41) is 0. The summed E-state index contributed by atoms with van der Waals surface area (Å²) in [6.07, 6.45) is 0. The van der Waals surface area contributed by atoms with Crippen LogP contribution in [0.5, 0.6) is 5.75 Å². The summed E-state index contributed by atoms with van der Waals surface area (Å²) in [5.41, 5.74) is 3.93. The molecule has 2 aromatic rings. The second-order valence-electron chi connectivity index (χ2n) is 5.91. The molecule has 0 unspecified atom stereocenters. The average Bonchev–Trinajstić information content (AvgIpc) is 2.46. The predicted molar refractivity (Wildman–Crippen MR) is 85.4 cm³/mol. The second-order valence-corrected chi connectivity index (χ2v) is 5.91. The first-order chi connectivity index (χ1) is 9.56. The van der Waals surface area contributed by atoms with Gasteiger partial charge in [0.05, 0.1) is 0 Å². The molecule has 0 aliphatic rings. The van der Waals surface area contributed by atoms with E-state index in [1.807, 2.05) is 0 Å². The number of hydrogen-bond donors (Lipinski definition) is 0. The maximum Gasteiger partial charge on any atom is 0.119 e. The first kappa shape index (κ1) is 14.6. The van der Waals surface area contributed by atoms with Gasteiger partial charge in [0.25, 0.3) is 0 Å². The Bertz CT molecular complexity index is 469. The Morgan fingerprint density at radius 3 is 1.60 bits per heavy atom. The Hall–Kier alpha value is -1.76. The van der Waals surface area contributed by atoms with Crippen LogP contribution in [0.3, 0.4) is 0 Å². The van der Waals surface area contributed by atoms with E-state index in [0.717, 1.165) is 5.75 Å². The molecule has 0 atom stereocenters. The van der Waals surface area contributed by atoms with Crippen molar-refractivity contribution in [3.8, 4) is 5.75 Å². The molecule has 0 saturated heterocycles. The van der Waals surface area contributed by atoms with Crippen molar-refractivity contribution < 1.29 is 4.74 Å². The first-order valence-electron chi connectivity index (χ1n) is 7.38. The Balaban J connectivity index is 1.94. The molecule has 0 aliphatic heterocycles. The molecule has 0 spiro atoms. The zero-order valence-electron chi connectivity index (χ0n) is 12.9. The highest BCUT2D eigenvalue weighted by molar-refractivity contribution is 5.30. The maximum atomic E-state index is 5.83. The van der Waals surface area contributed by atoms with Crippen LogP contribution >= 0.6 is 0 Å². The van der Waals surface area contributed by atoms with Gasteiger partial charge in [0.2, 0.25) is 0 Å². The summed E-state index contributed by atoms with van der Waals surface area (Å²) < 4.78 is 5.83. The fourth-order valence-electron chi connectivity index (χ4n) is 2.11. The van der Waals surface area contributed by atoms with Crippen LogP contribution in [0, 0.1) is 0 Å². The highest BCUT2D eigenvalue weighted by Gasteiger charge is 2.01. The fraction of sp³-hybridized carbons (Fsp3) is 0.368. The number of benzene rings is 2. The quantitative estimate of drug-likeness (QED) is 0.694. The van der Waals surface area contributed by atoms with E-state index in [9.17, 15) is 0 Å². The normalized spacial score (nSPS) is 11.1. The van der Waals surface area contributed by atoms with Crippen LogP contribution in [0.2, 0.25) is 0 Å². The highest BCUT2D eigenvalue weighted by atomic mass is 16.5. The molecule has 0 fully saturated rings. The van der Waals surface area contributed by atoms with Gasteiger partial charge >= 0.3 is 0 Å². The lowest BCUT2D eigenvalue weighted by Gasteiger charge is -2.10. The zero-order valence-corrected chi connectivity index (χ0v) is 12.9. The summed E-state index contributed by atoms with van der Waals surface area (Å²) in [5.74, 6) is 2.07. The minimum atomic E-state index is 0.563. The minimum absolute atomic E-state index is 0.563. The van der Waals surface area contributed by atoms with Gasteiger partial charge in [-0.05, 0) is 40.7 Å². The van der Waals surface area contributed by atoms with Crippen LogP contribution in [-0.2, 0) is 6.61 Å². The van der Waals surface area contributed by atoms with Gasteiger partial charge < -0.3 is 4.74 Å². The van der Waals surface area contributed by atoms with Crippen molar-refractivity contribution in [1.82, 2.24) is 0 Å². The van der Waals surface area contributed by atoms with Crippen LogP contribution in [-0.4, -0.2) is 0 Å². The second kappa shape index (κ2) is 6.60. The van der Waals surface area contributed by atoms with Crippen LogP contribution in [0.4, 0.5) is 0 Å². The van der Waals surface area contributed by atoms with Crippen LogP contribution in [0.15, 0.2) is 48.5 Å². The third kappa shape index (κ3) is 3.86. The molecule has 0 saturated carbocycles. The largest absolute Gasteiger partial charge is 0.489 e.